The van der Waals surface area contributed by atoms with Crippen molar-refractivity contribution in [3.63, 3.8) is 0 Å². The van der Waals surface area contributed by atoms with Crippen LogP contribution in [0.2, 0.25) is 0 Å². The molecular formula is C11H21BrN2O2S. The summed E-state index contributed by atoms with van der Waals surface area (Å²) in [4.78, 5) is 2.42. The highest BCUT2D eigenvalue weighted by molar-refractivity contribution is 9.09. The Morgan fingerprint density at radius 2 is 1.76 bits per heavy atom. The Bertz CT molecular complexity index is 354. The number of alkyl halides is 1. The lowest BCUT2D eigenvalue weighted by atomic mass is 9.70. The van der Waals surface area contributed by atoms with Crippen molar-refractivity contribution in [3.05, 3.63) is 0 Å². The zero-order valence-electron chi connectivity index (χ0n) is 10.4. The quantitative estimate of drug-likeness (QED) is 0.728. The van der Waals surface area contributed by atoms with Gasteiger partial charge in [0, 0.05) is 38.1 Å². The van der Waals surface area contributed by atoms with E-state index in [1.807, 2.05) is 0 Å². The van der Waals surface area contributed by atoms with Crippen LogP contribution in [0.1, 0.15) is 19.3 Å². The maximum Gasteiger partial charge on any atom is 0.211 e. The minimum absolute atomic E-state index is 0.466. The van der Waals surface area contributed by atoms with Crippen molar-refractivity contribution >= 4 is 26.0 Å². The van der Waals surface area contributed by atoms with Crippen molar-refractivity contribution in [1.29, 1.82) is 0 Å². The largest absolute Gasteiger partial charge is 0.300 e. The molecule has 0 aromatic rings. The molecule has 100 valence electrons. The second-order valence-corrected chi connectivity index (χ2v) is 7.97. The SMILES string of the molecule is CS(=O)(=O)N1CCN(CC2(CBr)CCC2)CC1. The fourth-order valence-electron chi connectivity index (χ4n) is 2.70. The Labute approximate surface area is 113 Å². The van der Waals surface area contributed by atoms with Crippen LogP contribution in [-0.4, -0.2) is 61.9 Å². The zero-order chi connectivity index (χ0) is 12.5. The molecule has 2 rings (SSSR count). The zero-order valence-corrected chi connectivity index (χ0v) is 12.8. The second kappa shape index (κ2) is 5.15. The Hall–Kier alpha value is 0.350. The molecule has 1 saturated heterocycles. The molecule has 0 N–H and O–H groups in total. The Balaban J connectivity index is 1.83. The predicted molar refractivity (Wildman–Crippen MR) is 72.9 cm³/mol. The van der Waals surface area contributed by atoms with E-state index in [-0.39, 0.29) is 0 Å². The summed E-state index contributed by atoms with van der Waals surface area (Å²) in [6.07, 6.45) is 5.26. The first kappa shape index (κ1) is 13.8. The Morgan fingerprint density at radius 1 is 1.18 bits per heavy atom. The number of rotatable bonds is 4. The van der Waals surface area contributed by atoms with Crippen molar-refractivity contribution in [1.82, 2.24) is 9.21 Å². The molecule has 2 fully saturated rings. The molecule has 0 spiro atoms. The van der Waals surface area contributed by atoms with Crippen LogP contribution in [0, 0.1) is 5.41 Å². The summed E-state index contributed by atoms with van der Waals surface area (Å²) in [5.41, 5.74) is 0.466. The molecule has 0 aromatic heterocycles. The molecule has 6 heteroatoms. The minimum Gasteiger partial charge on any atom is -0.300 e. The highest BCUT2D eigenvalue weighted by Crippen LogP contribution is 2.43. The van der Waals surface area contributed by atoms with Gasteiger partial charge in [-0.1, -0.05) is 22.4 Å². The van der Waals surface area contributed by atoms with E-state index in [0.29, 0.717) is 18.5 Å². The Kier molecular flexibility index (Phi) is 4.17. The number of hydrogen-bond donors (Lipinski definition) is 0. The average molecular weight is 325 g/mol. The van der Waals surface area contributed by atoms with E-state index in [4.69, 9.17) is 0 Å². The molecular weight excluding hydrogens is 304 g/mol. The third-order valence-corrected chi connectivity index (χ3v) is 6.55. The summed E-state index contributed by atoms with van der Waals surface area (Å²) in [6.45, 7) is 4.17. The number of halogens is 1. The molecule has 0 aromatic carbocycles. The van der Waals surface area contributed by atoms with E-state index in [0.717, 1.165) is 25.0 Å². The van der Waals surface area contributed by atoms with Gasteiger partial charge in [0.05, 0.1) is 6.26 Å². The van der Waals surface area contributed by atoms with E-state index in [2.05, 4.69) is 20.8 Å². The van der Waals surface area contributed by atoms with E-state index in [9.17, 15) is 8.42 Å². The summed E-state index contributed by atoms with van der Waals surface area (Å²) in [6, 6.07) is 0. The molecule has 0 unspecified atom stereocenters. The van der Waals surface area contributed by atoms with Crippen LogP contribution in [0.3, 0.4) is 0 Å². The van der Waals surface area contributed by atoms with Crippen molar-refractivity contribution in [2.45, 2.75) is 19.3 Å². The maximum atomic E-state index is 11.4. The molecule has 1 aliphatic carbocycles. The smallest absolute Gasteiger partial charge is 0.211 e. The van der Waals surface area contributed by atoms with Crippen molar-refractivity contribution < 1.29 is 8.42 Å². The molecule has 1 aliphatic heterocycles. The van der Waals surface area contributed by atoms with Gasteiger partial charge >= 0.3 is 0 Å². The van der Waals surface area contributed by atoms with Gasteiger partial charge in [-0.3, -0.25) is 0 Å². The normalized spacial score (nSPS) is 26.7. The molecule has 0 radical (unpaired) electrons. The number of hydrogen-bond acceptors (Lipinski definition) is 3. The molecule has 0 bridgehead atoms. The van der Waals surface area contributed by atoms with Gasteiger partial charge in [-0.15, -0.1) is 0 Å². The third-order valence-electron chi connectivity index (χ3n) is 4.06. The lowest BCUT2D eigenvalue weighted by Crippen LogP contribution is -2.52. The third kappa shape index (κ3) is 3.22. The molecule has 0 amide bonds. The molecule has 17 heavy (non-hydrogen) atoms. The van der Waals surface area contributed by atoms with Crippen molar-refractivity contribution in [2.24, 2.45) is 5.41 Å². The van der Waals surface area contributed by atoms with E-state index >= 15 is 0 Å². The van der Waals surface area contributed by atoms with Crippen LogP contribution in [0.4, 0.5) is 0 Å². The molecule has 1 saturated carbocycles. The average Bonchev–Trinajstić information content (AvgIpc) is 2.23. The van der Waals surface area contributed by atoms with Crippen LogP contribution in [-0.2, 0) is 10.0 Å². The highest BCUT2D eigenvalue weighted by Gasteiger charge is 2.38. The van der Waals surface area contributed by atoms with Crippen LogP contribution in [0.5, 0.6) is 0 Å². The Morgan fingerprint density at radius 3 is 2.12 bits per heavy atom. The fraction of sp³-hybridized carbons (Fsp3) is 1.00. The van der Waals surface area contributed by atoms with Gasteiger partial charge in [0.1, 0.15) is 0 Å². The number of nitrogens with zero attached hydrogens (tertiary/aromatic N) is 2. The van der Waals surface area contributed by atoms with E-state index in [1.165, 1.54) is 25.5 Å². The predicted octanol–water partition coefficient (Wildman–Crippen LogP) is 1.13. The first-order valence-electron chi connectivity index (χ1n) is 6.19. The van der Waals surface area contributed by atoms with E-state index < -0.39 is 10.0 Å². The van der Waals surface area contributed by atoms with Crippen LogP contribution < -0.4 is 0 Å². The summed E-state index contributed by atoms with van der Waals surface area (Å²) >= 11 is 3.62. The summed E-state index contributed by atoms with van der Waals surface area (Å²) in [5, 5.41) is 1.08. The maximum absolute atomic E-state index is 11.4. The van der Waals surface area contributed by atoms with Crippen molar-refractivity contribution in [3.8, 4) is 0 Å². The summed E-state index contributed by atoms with van der Waals surface area (Å²) in [7, 11) is -2.99. The molecule has 4 nitrogen and oxygen atoms in total. The summed E-state index contributed by atoms with van der Waals surface area (Å²) in [5.74, 6) is 0. The van der Waals surface area contributed by atoms with Gasteiger partial charge in [-0.2, -0.15) is 4.31 Å². The number of piperazine rings is 1. The first-order valence-corrected chi connectivity index (χ1v) is 9.16. The topological polar surface area (TPSA) is 40.6 Å². The molecule has 2 aliphatic rings. The van der Waals surface area contributed by atoms with Gasteiger partial charge in [0.2, 0.25) is 10.0 Å². The lowest BCUT2D eigenvalue weighted by molar-refractivity contribution is 0.0715. The minimum atomic E-state index is -2.99. The lowest BCUT2D eigenvalue weighted by Gasteiger charge is -2.45. The van der Waals surface area contributed by atoms with Gasteiger partial charge < -0.3 is 4.90 Å². The monoisotopic (exact) mass is 324 g/mol. The standard InChI is InChI=1S/C11H21BrN2O2S/c1-17(15,16)14-7-5-13(6-8-14)10-11(9-12)3-2-4-11/h2-10H2,1H3. The van der Waals surface area contributed by atoms with Gasteiger partial charge in [0.15, 0.2) is 0 Å². The van der Waals surface area contributed by atoms with Gasteiger partial charge in [0.25, 0.3) is 0 Å². The van der Waals surface area contributed by atoms with Gasteiger partial charge in [-0.25, -0.2) is 8.42 Å². The van der Waals surface area contributed by atoms with Crippen LogP contribution >= 0.6 is 15.9 Å². The van der Waals surface area contributed by atoms with Gasteiger partial charge in [-0.05, 0) is 18.3 Å². The molecule has 1 heterocycles. The fourth-order valence-corrected chi connectivity index (χ4v) is 4.27. The number of sulfonamides is 1. The molecule has 0 atom stereocenters. The van der Waals surface area contributed by atoms with E-state index in [1.54, 1.807) is 4.31 Å². The first-order chi connectivity index (χ1) is 7.95. The summed E-state index contributed by atoms with van der Waals surface area (Å²) < 4.78 is 24.4. The van der Waals surface area contributed by atoms with Crippen molar-refractivity contribution in [2.75, 3.05) is 44.3 Å². The van der Waals surface area contributed by atoms with Crippen LogP contribution in [0.25, 0.3) is 0 Å². The second-order valence-electron chi connectivity index (χ2n) is 5.43. The van der Waals surface area contributed by atoms with Crippen LogP contribution in [0.15, 0.2) is 0 Å². The highest BCUT2D eigenvalue weighted by atomic mass is 79.9.